The quantitative estimate of drug-likeness (QED) is 0.479. The van der Waals surface area contributed by atoms with Crippen molar-refractivity contribution in [2.45, 2.75) is 4.90 Å². The number of rotatable bonds is 6. The van der Waals surface area contributed by atoms with Crippen molar-refractivity contribution in [3.63, 3.8) is 0 Å². The summed E-state index contributed by atoms with van der Waals surface area (Å²) in [7, 11) is 4.04. The van der Waals surface area contributed by atoms with Gasteiger partial charge in [-0.3, -0.25) is 4.79 Å². The van der Waals surface area contributed by atoms with Gasteiger partial charge in [-0.15, -0.1) is 0 Å². The topological polar surface area (TPSA) is 32.3 Å². The SMILES string of the molecule is CN(C)c1ccc(NSc2ccc(C(=O)CS)cc2)cc1. The average molecular weight is 318 g/mol. The van der Waals surface area contributed by atoms with Gasteiger partial charge in [-0.05, 0) is 48.3 Å². The van der Waals surface area contributed by atoms with Crippen LogP contribution in [0.5, 0.6) is 0 Å². The van der Waals surface area contributed by atoms with E-state index in [1.54, 1.807) is 0 Å². The zero-order chi connectivity index (χ0) is 15.2. The van der Waals surface area contributed by atoms with E-state index in [1.165, 1.54) is 17.6 Å². The molecule has 2 aromatic carbocycles. The zero-order valence-electron chi connectivity index (χ0n) is 12.0. The zero-order valence-corrected chi connectivity index (χ0v) is 13.7. The molecule has 5 heteroatoms. The molecule has 0 saturated carbocycles. The van der Waals surface area contributed by atoms with Crippen molar-refractivity contribution in [2.24, 2.45) is 0 Å². The van der Waals surface area contributed by atoms with Crippen LogP contribution in [0.2, 0.25) is 0 Å². The van der Waals surface area contributed by atoms with E-state index in [4.69, 9.17) is 0 Å². The number of anilines is 2. The summed E-state index contributed by atoms with van der Waals surface area (Å²) >= 11 is 5.52. The number of Topliss-reactive ketones (excluding diaryl/α,β-unsaturated/α-hetero) is 1. The van der Waals surface area contributed by atoms with Crippen molar-refractivity contribution in [1.29, 1.82) is 0 Å². The molecule has 0 radical (unpaired) electrons. The van der Waals surface area contributed by atoms with Crippen LogP contribution in [-0.2, 0) is 0 Å². The molecule has 0 aliphatic rings. The number of ketones is 1. The predicted octanol–water partition coefficient (Wildman–Crippen LogP) is 3.98. The molecule has 21 heavy (non-hydrogen) atoms. The first-order valence-electron chi connectivity index (χ1n) is 6.54. The van der Waals surface area contributed by atoms with Gasteiger partial charge >= 0.3 is 0 Å². The lowest BCUT2D eigenvalue weighted by atomic mass is 10.1. The van der Waals surface area contributed by atoms with Crippen LogP contribution in [0.1, 0.15) is 10.4 Å². The fourth-order valence-electron chi connectivity index (χ4n) is 1.75. The lowest BCUT2D eigenvalue weighted by Gasteiger charge is -2.13. The molecule has 0 saturated heterocycles. The first-order valence-corrected chi connectivity index (χ1v) is 7.99. The van der Waals surface area contributed by atoms with E-state index < -0.39 is 0 Å². The first kappa shape index (κ1) is 15.8. The monoisotopic (exact) mass is 318 g/mol. The Morgan fingerprint density at radius 3 is 2.24 bits per heavy atom. The van der Waals surface area contributed by atoms with Crippen molar-refractivity contribution in [2.75, 3.05) is 29.5 Å². The van der Waals surface area contributed by atoms with E-state index in [-0.39, 0.29) is 11.5 Å². The molecule has 110 valence electrons. The summed E-state index contributed by atoms with van der Waals surface area (Å²) in [6, 6.07) is 15.7. The normalized spacial score (nSPS) is 10.2. The average Bonchev–Trinajstić information content (AvgIpc) is 2.53. The highest BCUT2D eigenvalue weighted by atomic mass is 32.2. The molecule has 3 nitrogen and oxygen atoms in total. The molecule has 0 bridgehead atoms. The molecule has 2 aromatic rings. The molecule has 0 aliphatic carbocycles. The number of nitrogens with one attached hydrogen (secondary N) is 1. The van der Waals surface area contributed by atoms with Gasteiger partial charge in [-0.25, -0.2) is 0 Å². The van der Waals surface area contributed by atoms with Crippen molar-refractivity contribution in [3.8, 4) is 0 Å². The summed E-state index contributed by atoms with van der Waals surface area (Å²) in [6.07, 6.45) is 0. The number of carbonyl (C=O) groups excluding carboxylic acids is 1. The van der Waals surface area contributed by atoms with Crippen LogP contribution in [0, 0.1) is 0 Å². The minimum Gasteiger partial charge on any atom is -0.378 e. The fraction of sp³-hybridized carbons (Fsp3) is 0.188. The molecular weight excluding hydrogens is 300 g/mol. The highest BCUT2D eigenvalue weighted by Crippen LogP contribution is 2.23. The van der Waals surface area contributed by atoms with Crippen LogP contribution in [0.3, 0.4) is 0 Å². The van der Waals surface area contributed by atoms with Gasteiger partial charge in [-0.2, -0.15) is 12.6 Å². The molecule has 0 aliphatic heterocycles. The number of thiol groups is 1. The largest absolute Gasteiger partial charge is 0.378 e. The maximum Gasteiger partial charge on any atom is 0.172 e. The van der Waals surface area contributed by atoms with Gasteiger partial charge < -0.3 is 9.62 Å². The summed E-state index contributed by atoms with van der Waals surface area (Å²) in [5.41, 5.74) is 2.91. The Labute approximate surface area is 135 Å². The highest BCUT2D eigenvalue weighted by molar-refractivity contribution is 8.00. The van der Waals surface area contributed by atoms with Gasteiger partial charge in [0.2, 0.25) is 0 Å². The summed E-state index contributed by atoms with van der Waals surface area (Å²) < 4.78 is 3.29. The lowest BCUT2D eigenvalue weighted by molar-refractivity contribution is 0.102. The minimum atomic E-state index is 0.0436. The third kappa shape index (κ3) is 4.44. The smallest absolute Gasteiger partial charge is 0.172 e. The summed E-state index contributed by atoms with van der Waals surface area (Å²) in [5, 5.41) is 0. The van der Waals surface area contributed by atoms with Crippen LogP contribution < -0.4 is 9.62 Å². The van der Waals surface area contributed by atoms with E-state index >= 15 is 0 Å². The molecule has 0 unspecified atom stereocenters. The van der Waals surface area contributed by atoms with Gasteiger partial charge in [0.05, 0.1) is 5.75 Å². The van der Waals surface area contributed by atoms with Crippen LogP contribution in [-0.4, -0.2) is 25.6 Å². The molecule has 1 N–H and O–H groups in total. The Kier molecular flexibility index (Phi) is 5.59. The van der Waals surface area contributed by atoms with E-state index in [1.807, 2.05) is 50.5 Å². The fourth-order valence-corrected chi connectivity index (χ4v) is 2.57. The molecule has 0 aromatic heterocycles. The van der Waals surface area contributed by atoms with Gasteiger partial charge in [0.15, 0.2) is 5.78 Å². The minimum absolute atomic E-state index is 0.0436. The number of hydrogen-bond acceptors (Lipinski definition) is 5. The molecule has 0 heterocycles. The summed E-state index contributed by atoms with van der Waals surface area (Å²) in [4.78, 5) is 14.6. The van der Waals surface area contributed by atoms with Gasteiger partial charge in [0, 0.05) is 35.9 Å². The Hall–Kier alpha value is -1.59. The Morgan fingerprint density at radius 2 is 1.71 bits per heavy atom. The molecule has 0 amide bonds. The number of hydrogen-bond donors (Lipinski definition) is 2. The van der Waals surface area contributed by atoms with Crippen LogP contribution in [0.25, 0.3) is 0 Å². The molecule has 0 fully saturated rings. The maximum absolute atomic E-state index is 11.5. The first-order chi connectivity index (χ1) is 10.1. The second-order valence-corrected chi connectivity index (χ2v) is 5.95. The summed E-state index contributed by atoms with van der Waals surface area (Å²) in [6.45, 7) is 0. The van der Waals surface area contributed by atoms with Crippen LogP contribution >= 0.6 is 24.6 Å². The molecule has 2 rings (SSSR count). The number of carbonyl (C=O) groups is 1. The second kappa shape index (κ2) is 7.43. The van der Waals surface area contributed by atoms with Crippen molar-refractivity contribution >= 4 is 41.7 Å². The van der Waals surface area contributed by atoms with Crippen LogP contribution in [0.15, 0.2) is 53.4 Å². The van der Waals surface area contributed by atoms with E-state index in [0.717, 1.165) is 10.6 Å². The van der Waals surface area contributed by atoms with Crippen molar-refractivity contribution in [1.82, 2.24) is 0 Å². The predicted molar refractivity (Wildman–Crippen MR) is 94.9 cm³/mol. The maximum atomic E-state index is 11.5. The van der Waals surface area contributed by atoms with E-state index in [0.29, 0.717) is 5.56 Å². The number of benzene rings is 2. The standard InChI is InChI=1S/C16H18N2OS2/c1-18(2)14-7-5-13(6-8-14)17-21-15-9-3-12(4-10-15)16(19)11-20/h3-10,17,20H,11H2,1-2H3. The van der Waals surface area contributed by atoms with Crippen molar-refractivity contribution in [3.05, 3.63) is 54.1 Å². The molecular formula is C16H18N2OS2. The van der Waals surface area contributed by atoms with Gasteiger partial charge in [0.25, 0.3) is 0 Å². The van der Waals surface area contributed by atoms with Gasteiger partial charge in [-0.1, -0.05) is 12.1 Å². The number of nitrogens with zero attached hydrogens (tertiary/aromatic N) is 1. The third-order valence-corrected chi connectivity index (χ3v) is 4.12. The van der Waals surface area contributed by atoms with E-state index in [2.05, 4.69) is 34.4 Å². The Bertz CT molecular complexity index is 595. The second-order valence-electron chi connectivity index (χ2n) is 4.75. The lowest BCUT2D eigenvalue weighted by Crippen LogP contribution is -2.07. The summed E-state index contributed by atoms with van der Waals surface area (Å²) in [5.74, 6) is 0.283. The Balaban J connectivity index is 1.95. The molecule has 0 spiro atoms. The van der Waals surface area contributed by atoms with Gasteiger partial charge in [0.1, 0.15) is 0 Å². The van der Waals surface area contributed by atoms with Crippen LogP contribution in [0.4, 0.5) is 11.4 Å². The third-order valence-electron chi connectivity index (χ3n) is 2.99. The molecule has 0 atom stereocenters. The van der Waals surface area contributed by atoms with E-state index in [9.17, 15) is 4.79 Å². The Morgan fingerprint density at radius 1 is 1.10 bits per heavy atom. The highest BCUT2D eigenvalue weighted by Gasteiger charge is 2.03. The van der Waals surface area contributed by atoms with Crippen molar-refractivity contribution < 1.29 is 4.79 Å².